The number of aromatic nitrogens is 2. The first-order valence-corrected chi connectivity index (χ1v) is 8.95. The summed E-state index contributed by atoms with van der Waals surface area (Å²) in [5.41, 5.74) is 5.31. The summed E-state index contributed by atoms with van der Waals surface area (Å²) in [4.78, 5) is 27.2. The summed E-state index contributed by atoms with van der Waals surface area (Å²) >= 11 is 0. The van der Waals surface area contributed by atoms with Crippen LogP contribution >= 0.6 is 0 Å². The Bertz CT molecular complexity index is 1120. The van der Waals surface area contributed by atoms with Crippen molar-refractivity contribution in [1.82, 2.24) is 14.9 Å². The van der Waals surface area contributed by atoms with Crippen LogP contribution in [0.5, 0.6) is 0 Å². The normalized spacial score (nSPS) is 17.1. The Labute approximate surface area is 156 Å². The van der Waals surface area contributed by atoms with Crippen molar-refractivity contribution in [2.75, 3.05) is 20.6 Å². The molecule has 1 aromatic heterocycles. The summed E-state index contributed by atoms with van der Waals surface area (Å²) in [5.74, 6) is 0.109. The summed E-state index contributed by atoms with van der Waals surface area (Å²) in [5, 5.41) is 12.9. The van der Waals surface area contributed by atoms with E-state index in [1.807, 2.05) is 27.9 Å². The van der Waals surface area contributed by atoms with Gasteiger partial charge in [-0.25, -0.2) is 9.97 Å². The molecular weight excluding hydrogens is 342 g/mol. The van der Waals surface area contributed by atoms with Gasteiger partial charge in [0.15, 0.2) is 0 Å². The average Bonchev–Trinajstić information content (AvgIpc) is 3.00. The molecule has 0 saturated carbocycles. The van der Waals surface area contributed by atoms with E-state index in [1.165, 1.54) is 6.07 Å². The molecule has 7 nitrogen and oxygen atoms in total. The second kappa shape index (κ2) is 6.35. The Morgan fingerprint density at radius 3 is 2.63 bits per heavy atom. The molecule has 138 valence electrons. The number of fused-ring (bicyclic) bond motifs is 4. The van der Waals surface area contributed by atoms with E-state index in [1.54, 1.807) is 12.1 Å². The average molecular weight is 363 g/mol. The Kier molecular flexibility index (Phi) is 4.11. The fraction of sp³-hybridized carbons (Fsp3) is 0.350. The highest BCUT2D eigenvalue weighted by Crippen LogP contribution is 2.39. The monoisotopic (exact) mass is 363 g/mol. The van der Waals surface area contributed by atoms with Gasteiger partial charge in [-0.05, 0) is 53.1 Å². The van der Waals surface area contributed by atoms with E-state index in [0.717, 1.165) is 51.9 Å². The minimum absolute atomic E-state index is 0.0533. The van der Waals surface area contributed by atoms with Gasteiger partial charge >= 0.3 is 0 Å². The van der Waals surface area contributed by atoms with Crippen molar-refractivity contribution >= 4 is 28.7 Å². The SMILES string of the molecule is Cc1nc2c(nc1C)=C1C(=Nc3cc([N+](=O)[O-])ccc31)C(CCN(C)C)C=2. The van der Waals surface area contributed by atoms with E-state index in [0.29, 0.717) is 5.69 Å². The van der Waals surface area contributed by atoms with Gasteiger partial charge in [0.05, 0.1) is 38.4 Å². The quantitative estimate of drug-likeness (QED) is 0.609. The smallest absolute Gasteiger partial charge is 0.271 e. The minimum Gasteiger partial charge on any atom is -0.309 e. The Balaban J connectivity index is 1.97. The second-order valence-corrected chi connectivity index (χ2v) is 7.32. The van der Waals surface area contributed by atoms with Gasteiger partial charge in [-0.3, -0.25) is 15.1 Å². The topological polar surface area (TPSA) is 84.5 Å². The van der Waals surface area contributed by atoms with Crippen LogP contribution in [0.3, 0.4) is 0 Å². The number of non-ortho nitro benzene ring substituents is 1. The summed E-state index contributed by atoms with van der Waals surface area (Å²) in [6, 6.07) is 4.87. The van der Waals surface area contributed by atoms with Crippen LogP contribution in [-0.2, 0) is 0 Å². The maximum Gasteiger partial charge on any atom is 0.271 e. The summed E-state index contributed by atoms with van der Waals surface area (Å²) in [6.45, 7) is 4.83. The molecule has 4 rings (SSSR count). The third-order valence-electron chi connectivity index (χ3n) is 5.13. The summed E-state index contributed by atoms with van der Waals surface area (Å²) in [6.07, 6.45) is 3.04. The summed E-state index contributed by atoms with van der Waals surface area (Å²) in [7, 11) is 4.09. The molecule has 1 aliphatic heterocycles. The third kappa shape index (κ3) is 2.94. The highest BCUT2D eigenvalue weighted by Gasteiger charge is 2.31. The van der Waals surface area contributed by atoms with Crippen LogP contribution in [-0.4, -0.2) is 46.1 Å². The molecule has 1 aliphatic carbocycles. The van der Waals surface area contributed by atoms with Gasteiger partial charge in [0.2, 0.25) is 0 Å². The van der Waals surface area contributed by atoms with Gasteiger partial charge in [-0.2, -0.15) is 0 Å². The van der Waals surface area contributed by atoms with Crippen molar-refractivity contribution in [2.24, 2.45) is 10.9 Å². The lowest BCUT2D eigenvalue weighted by Crippen LogP contribution is -2.42. The number of hydrogen-bond acceptors (Lipinski definition) is 6. The molecule has 2 aromatic rings. The van der Waals surface area contributed by atoms with Crippen LogP contribution in [0, 0.1) is 29.9 Å². The van der Waals surface area contributed by atoms with Crippen molar-refractivity contribution < 1.29 is 4.92 Å². The van der Waals surface area contributed by atoms with E-state index >= 15 is 0 Å². The van der Waals surface area contributed by atoms with Crippen molar-refractivity contribution in [3.05, 3.63) is 56.0 Å². The third-order valence-corrected chi connectivity index (χ3v) is 5.13. The van der Waals surface area contributed by atoms with Crippen LogP contribution in [0.25, 0.3) is 11.6 Å². The van der Waals surface area contributed by atoms with E-state index in [2.05, 4.69) is 11.0 Å². The molecule has 0 bridgehead atoms. The highest BCUT2D eigenvalue weighted by atomic mass is 16.6. The fourth-order valence-corrected chi connectivity index (χ4v) is 3.59. The number of nitro groups is 1. The number of rotatable bonds is 4. The van der Waals surface area contributed by atoms with Gasteiger partial charge < -0.3 is 4.90 Å². The van der Waals surface area contributed by atoms with Crippen LogP contribution in [0.1, 0.15) is 23.4 Å². The molecule has 0 spiro atoms. The number of nitro benzene ring substituents is 1. The number of nitrogens with zero attached hydrogens (tertiary/aromatic N) is 5. The molecule has 0 N–H and O–H groups in total. The Morgan fingerprint density at radius 1 is 1.19 bits per heavy atom. The van der Waals surface area contributed by atoms with Gasteiger partial charge in [-0.15, -0.1) is 0 Å². The number of aliphatic imine (C=N–C) groups is 1. The van der Waals surface area contributed by atoms with Crippen LogP contribution in [0.15, 0.2) is 23.2 Å². The fourth-order valence-electron chi connectivity index (χ4n) is 3.59. The van der Waals surface area contributed by atoms with E-state index < -0.39 is 0 Å². The number of benzene rings is 1. The maximum atomic E-state index is 11.2. The summed E-state index contributed by atoms with van der Waals surface area (Å²) < 4.78 is 0. The first-order valence-electron chi connectivity index (χ1n) is 8.95. The molecule has 0 amide bonds. The lowest BCUT2D eigenvalue weighted by atomic mass is 9.87. The van der Waals surface area contributed by atoms with Crippen LogP contribution in [0.2, 0.25) is 0 Å². The maximum absolute atomic E-state index is 11.2. The zero-order valence-corrected chi connectivity index (χ0v) is 15.9. The molecule has 2 aliphatic rings. The van der Waals surface area contributed by atoms with Crippen molar-refractivity contribution in [1.29, 1.82) is 0 Å². The minimum atomic E-state index is -0.385. The van der Waals surface area contributed by atoms with Gasteiger partial charge in [0, 0.05) is 29.2 Å². The molecule has 1 aromatic carbocycles. The lowest BCUT2D eigenvalue weighted by Gasteiger charge is -2.20. The molecule has 7 heteroatoms. The van der Waals surface area contributed by atoms with Crippen molar-refractivity contribution in [2.45, 2.75) is 20.3 Å². The van der Waals surface area contributed by atoms with Crippen molar-refractivity contribution in [3.63, 3.8) is 0 Å². The highest BCUT2D eigenvalue weighted by molar-refractivity contribution is 6.31. The first kappa shape index (κ1) is 17.5. The van der Waals surface area contributed by atoms with Gasteiger partial charge in [-0.1, -0.05) is 0 Å². The molecule has 2 heterocycles. The van der Waals surface area contributed by atoms with E-state index in [-0.39, 0.29) is 16.5 Å². The van der Waals surface area contributed by atoms with Crippen LogP contribution in [0.4, 0.5) is 11.4 Å². The zero-order valence-electron chi connectivity index (χ0n) is 15.9. The van der Waals surface area contributed by atoms with E-state index in [9.17, 15) is 10.1 Å². The van der Waals surface area contributed by atoms with Gasteiger partial charge in [0.25, 0.3) is 5.69 Å². The number of aryl methyl sites for hydroxylation is 2. The van der Waals surface area contributed by atoms with Gasteiger partial charge in [0.1, 0.15) is 0 Å². The largest absolute Gasteiger partial charge is 0.309 e. The Hall–Kier alpha value is -2.93. The molecule has 1 unspecified atom stereocenters. The predicted octanol–water partition coefficient (Wildman–Crippen LogP) is 1.65. The second-order valence-electron chi connectivity index (χ2n) is 7.32. The molecule has 0 saturated heterocycles. The first-order chi connectivity index (χ1) is 12.8. The molecule has 0 radical (unpaired) electrons. The molecule has 0 fully saturated rings. The predicted molar refractivity (Wildman–Crippen MR) is 105 cm³/mol. The zero-order chi connectivity index (χ0) is 19.3. The van der Waals surface area contributed by atoms with Crippen molar-refractivity contribution in [3.8, 4) is 0 Å². The standard InChI is InChI=1S/C20H21N5O2/c1-11-12(2)22-20-17(21-11)9-13(7-8-24(3)4)19-18(20)15-6-5-14(25(26)27)10-16(15)23-19/h5-6,9-10,13H,7-8H2,1-4H3. The lowest BCUT2D eigenvalue weighted by molar-refractivity contribution is -0.384. The van der Waals surface area contributed by atoms with E-state index in [4.69, 9.17) is 15.0 Å². The molecule has 1 atom stereocenters. The molecular formula is C20H21N5O2. The Morgan fingerprint density at radius 2 is 1.93 bits per heavy atom. The molecule has 27 heavy (non-hydrogen) atoms. The number of hydrogen-bond donors (Lipinski definition) is 0. The van der Waals surface area contributed by atoms with Crippen LogP contribution < -0.4 is 10.7 Å².